The number of aromatic nitrogens is 2. The zero-order chi connectivity index (χ0) is 44.7. The molecule has 0 unspecified atom stereocenters. The first-order chi connectivity index (χ1) is 28.8. The average Bonchev–Trinajstić information content (AvgIpc) is 3.86. The number of ether oxygens (including phenoxy) is 1. The van der Waals surface area contributed by atoms with Crippen molar-refractivity contribution in [2.75, 3.05) is 0 Å². The molecule has 0 spiro atoms. The second kappa shape index (κ2) is 20.7. The van der Waals surface area contributed by atoms with Gasteiger partial charge in [-0.05, 0) is 69.5 Å². The Bertz CT molecular complexity index is 1970. The Hall–Kier alpha value is -3.65. The van der Waals surface area contributed by atoms with Crippen molar-refractivity contribution in [2.24, 2.45) is 11.8 Å². The highest BCUT2D eigenvalue weighted by Gasteiger charge is 2.53. The van der Waals surface area contributed by atoms with Crippen LogP contribution in [-0.4, -0.2) is 56.1 Å². The summed E-state index contributed by atoms with van der Waals surface area (Å²) >= 11 is 0. The van der Waals surface area contributed by atoms with E-state index in [0.29, 0.717) is 53.4 Å². The van der Waals surface area contributed by atoms with Crippen LogP contribution < -0.4 is 10.4 Å². The minimum Gasteiger partial charge on any atom is -0.449 e. The van der Waals surface area contributed by atoms with E-state index in [2.05, 4.69) is 155 Å². The minimum absolute atomic E-state index is 0.0106. The molecule has 8 nitrogen and oxygen atoms in total. The summed E-state index contributed by atoms with van der Waals surface area (Å²) in [5.41, 5.74) is 3.76. The summed E-state index contributed by atoms with van der Waals surface area (Å²) in [5.74, 6) is 1.34. The number of aliphatic hydroxyl groups excluding tert-OH is 1. The van der Waals surface area contributed by atoms with Crippen LogP contribution >= 0.6 is 0 Å². The Kier molecular flexibility index (Phi) is 16.4. The largest absolute Gasteiger partial charge is 0.449 e. The quantitative estimate of drug-likeness (QED) is 0.0735. The van der Waals surface area contributed by atoms with E-state index in [-0.39, 0.29) is 41.3 Å². The van der Waals surface area contributed by atoms with E-state index < -0.39 is 22.7 Å². The lowest BCUT2D eigenvalue weighted by atomic mass is 9.79. The van der Waals surface area contributed by atoms with E-state index >= 15 is 0 Å². The molecule has 2 aromatic carbocycles. The number of benzene rings is 2. The molecule has 0 amide bonds. The molecule has 1 N–H and O–H groups in total. The highest BCUT2D eigenvalue weighted by molar-refractivity contribution is 6.99. The average molecular weight is 867 g/mol. The van der Waals surface area contributed by atoms with Crippen LogP contribution in [0.1, 0.15) is 132 Å². The van der Waals surface area contributed by atoms with Crippen molar-refractivity contribution in [3.63, 3.8) is 0 Å². The third-order valence-corrected chi connectivity index (χ3v) is 24.3. The Labute approximate surface area is 369 Å². The lowest BCUT2D eigenvalue weighted by molar-refractivity contribution is -0.144. The smallest absolute Gasteiger partial charge is 0.261 e. The maximum atomic E-state index is 11.7. The van der Waals surface area contributed by atoms with Gasteiger partial charge in [0.05, 0.1) is 24.4 Å². The molecule has 0 bridgehead atoms. The van der Waals surface area contributed by atoms with Crippen LogP contribution in [0.3, 0.4) is 0 Å². The Morgan fingerprint density at radius 1 is 0.869 bits per heavy atom. The zero-order valence-electron chi connectivity index (χ0n) is 39.2. The van der Waals surface area contributed by atoms with E-state index in [4.69, 9.17) is 27.4 Å². The van der Waals surface area contributed by atoms with Crippen LogP contribution in [0.5, 0.6) is 0 Å². The van der Waals surface area contributed by atoms with Gasteiger partial charge in [0.15, 0.2) is 5.89 Å². The summed E-state index contributed by atoms with van der Waals surface area (Å²) < 4.78 is 33.5. The molecule has 0 radical (unpaired) electrons. The number of aliphatic hydroxyl groups is 1. The van der Waals surface area contributed by atoms with E-state index in [1.807, 2.05) is 31.2 Å². The number of nitrogens with zero attached hydrogens (tertiary/aromatic N) is 2. The summed E-state index contributed by atoms with van der Waals surface area (Å²) in [4.78, 5) is 9.30. The van der Waals surface area contributed by atoms with Crippen LogP contribution in [-0.2, 0) is 13.6 Å². The van der Waals surface area contributed by atoms with Gasteiger partial charge in [0.25, 0.3) is 8.32 Å². The third-order valence-electron chi connectivity index (χ3n) is 13.1. The maximum absolute atomic E-state index is 11.7. The van der Waals surface area contributed by atoms with Crippen molar-refractivity contribution < 1.29 is 27.5 Å². The van der Waals surface area contributed by atoms with Crippen molar-refractivity contribution >= 4 is 39.2 Å². The summed E-state index contributed by atoms with van der Waals surface area (Å²) in [6.07, 6.45) is 11.3. The molecule has 1 fully saturated rings. The fourth-order valence-corrected chi connectivity index (χ4v) is 20.7. The molecule has 5 rings (SSSR count). The maximum Gasteiger partial charge on any atom is 0.261 e. The molecule has 1 aliphatic heterocycles. The van der Waals surface area contributed by atoms with Crippen molar-refractivity contribution in [1.29, 1.82) is 0 Å². The summed E-state index contributed by atoms with van der Waals surface area (Å²) in [6.45, 7) is 33.5. The molecule has 7 atom stereocenters. The van der Waals surface area contributed by atoms with Crippen LogP contribution in [0.4, 0.5) is 0 Å². The van der Waals surface area contributed by atoms with Gasteiger partial charge in [-0.1, -0.05) is 149 Å². The van der Waals surface area contributed by atoms with Crippen molar-refractivity contribution in [3.8, 4) is 0 Å². The third kappa shape index (κ3) is 10.8. The van der Waals surface area contributed by atoms with Gasteiger partial charge in [-0.2, -0.15) is 0 Å². The first kappa shape index (κ1) is 48.4. The second-order valence-electron chi connectivity index (χ2n) is 19.3. The van der Waals surface area contributed by atoms with Gasteiger partial charge in [-0.3, -0.25) is 0 Å². The molecule has 0 aliphatic carbocycles. The fraction of sp³-hybridized carbons (Fsp3) is 0.529. The number of rotatable bonds is 19. The molecular weight excluding hydrogens is 793 g/mol. The van der Waals surface area contributed by atoms with Gasteiger partial charge in [0, 0.05) is 25.2 Å². The molecule has 4 aromatic rings. The molecule has 0 saturated carbocycles. The highest BCUT2D eigenvalue weighted by atomic mass is 28.4. The number of hydrogen-bond acceptors (Lipinski definition) is 8. The molecular formula is C51H74N2O6Si2. The molecule has 332 valence electrons. The van der Waals surface area contributed by atoms with E-state index in [1.165, 1.54) is 10.4 Å². The molecule has 10 heteroatoms. The molecule has 2 aromatic heterocycles. The lowest BCUT2D eigenvalue weighted by Crippen LogP contribution is -2.67. The van der Waals surface area contributed by atoms with Gasteiger partial charge in [0.1, 0.15) is 30.0 Å². The van der Waals surface area contributed by atoms with Crippen LogP contribution in [0.2, 0.25) is 21.7 Å². The SMILES string of the molecule is C=CC[C@H](C[C@@H](O)c1coc(/C=C/C[C@H]2O[C@@H](/C(C)=C/c3coc(C)n3)[C@H](C)[C@@H](O[Si](C(C)C)(C(C)C)C(C)C)[C@H]2C)n1)O[Si](c1ccccc1)(c1ccccc1)C(C)(C)C. The van der Waals surface area contributed by atoms with E-state index in [1.54, 1.807) is 12.5 Å². The second-order valence-corrected chi connectivity index (χ2v) is 29.0. The number of aryl methyl sites for hydroxylation is 1. The van der Waals surface area contributed by atoms with Crippen molar-refractivity contribution in [2.45, 2.75) is 161 Å². The van der Waals surface area contributed by atoms with E-state index in [9.17, 15) is 5.11 Å². The summed E-state index contributed by atoms with van der Waals surface area (Å²) in [5, 5.41) is 13.9. The molecule has 3 heterocycles. The van der Waals surface area contributed by atoms with Gasteiger partial charge < -0.3 is 27.5 Å². The predicted octanol–water partition coefficient (Wildman–Crippen LogP) is 12.0. The van der Waals surface area contributed by atoms with E-state index in [0.717, 1.165) is 11.3 Å². The van der Waals surface area contributed by atoms with Crippen LogP contribution in [0.25, 0.3) is 12.2 Å². The van der Waals surface area contributed by atoms with Crippen LogP contribution in [0, 0.1) is 18.8 Å². The normalized spacial score (nSPS) is 21.8. The topological polar surface area (TPSA) is 100.0 Å². The monoisotopic (exact) mass is 867 g/mol. The fourth-order valence-electron chi connectivity index (χ4n) is 10.2. The standard InChI is InChI=1S/C51H74N2O6Si2/c1-15-23-42(58-61(51(12,13)14,43-24-18-16-19-25-43)44-26-20-17-21-27-44)31-46(54)45-33-56-48(53-45)29-22-28-47-38(9)50(59-60(34(2)3,35(4)5)36(6)7)39(10)49(57-47)37(8)30-41-32-55-40(11)52-41/h15-22,24-27,29-30,32-36,38-39,42,46-47,49-50,54H,1,23,28,31H2,2-14H3/b29-22+,37-30+/t38-,39-,42+,46+,47+,49-,50-/m0/s1. The van der Waals surface area contributed by atoms with Gasteiger partial charge in [0.2, 0.25) is 14.2 Å². The van der Waals surface area contributed by atoms with Crippen molar-refractivity contribution in [1.82, 2.24) is 9.97 Å². The first-order valence-corrected chi connectivity index (χ1v) is 26.5. The van der Waals surface area contributed by atoms with Gasteiger partial charge >= 0.3 is 0 Å². The highest BCUT2D eigenvalue weighted by Crippen LogP contribution is 2.47. The molecule has 1 saturated heterocycles. The van der Waals surface area contributed by atoms with Crippen LogP contribution in [0.15, 0.2) is 106 Å². The summed E-state index contributed by atoms with van der Waals surface area (Å²) in [7, 11) is -5.08. The Morgan fingerprint density at radius 2 is 1.46 bits per heavy atom. The zero-order valence-corrected chi connectivity index (χ0v) is 41.2. The number of hydrogen-bond donors (Lipinski definition) is 1. The Morgan fingerprint density at radius 3 is 1.97 bits per heavy atom. The first-order valence-electron chi connectivity index (χ1n) is 22.5. The molecule has 61 heavy (non-hydrogen) atoms. The Balaban J connectivity index is 1.37. The van der Waals surface area contributed by atoms with Crippen molar-refractivity contribution in [3.05, 3.63) is 121 Å². The minimum atomic E-state index is -2.87. The van der Waals surface area contributed by atoms with Gasteiger partial charge in [-0.15, -0.1) is 6.58 Å². The number of oxazole rings is 2. The lowest BCUT2D eigenvalue weighted by Gasteiger charge is -2.52. The predicted molar refractivity (Wildman–Crippen MR) is 255 cm³/mol. The molecule has 1 aliphatic rings. The summed E-state index contributed by atoms with van der Waals surface area (Å²) in [6, 6.07) is 21.2. The van der Waals surface area contributed by atoms with Gasteiger partial charge in [-0.25, -0.2) is 9.97 Å².